The molecule has 1 N–H and O–H groups in total. The van der Waals surface area contributed by atoms with Gasteiger partial charge in [0, 0.05) is 17.2 Å². The Labute approximate surface area is 106 Å². The third-order valence-electron chi connectivity index (χ3n) is 3.22. The van der Waals surface area contributed by atoms with Crippen LogP contribution in [-0.2, 0) is 9.84 Å². The Morgan fingerprint density at radius 2 is 2.18 bits per heavy atom. The van der Waals surface area contributed by atoms with E-state index in [4.69, 9.17) is 5.11 Å². The molecule has 1 aromatic rings. The van der Waals surface area contributed by atoms with Gasteiger partial charge in [0.1, 0.15) is 9.84 Å². The molecule has 1 unspecified atom stereocenters. The van der Waals surface area contributed by atoms with Crippen LogP contribution in [-0.4, -0.2) is 36.6 Å². The highest BCUT2D eigenvalue weighted by atomic mass is 32.2. The van der Waals surface area contributed by atoms with Crippen molar-refractivity contribution in [3.8, 4) is 0 Å². The molecule has 2 heterocycles. The lowest BCUT2D eigenvalue weighted by atomic mass is 10.0. The summed E-state index contributed by atoms with van der Waals surface area (Å²) in [7, 11) is -2.80. The molecule has 1 saturated heterocycles. The molecule has 0 aliphatic carbocycles. The van der Waals surface area contributed by atoms with Crippen molar-refractivity contribution >= 4 is 21.2 Å². The van der Waals surface area contributed by atoms with Gasteiger partial charge in [0.15, 0.2) is 0 Å². The van der Waals surface area contributed by atoms with Gasteiger partial charge in [-0.05, 0) is 12.8 Å². The zero-order valence-electron chi connectivity index (χ0n) is 9.80. The first kappa shape index (κ1) is 13.0. The molecule has 1 atom stereocenters. The molecule has 0 amide bonds. The van der Waals surface area contributed by atoms with Gasteiger partial charge in [-0.3, -0.25) is 0 Å². The van der Waals surface area contributed by atoms with Crippen LogP contribution in [0.25, 0.3) is 0 Å². The van der Waals surface area contributed by atoms with Crippen molar-refractivity contribution in [3.63, 3.8) is 0 Å². The van der Waals surface area contributed by atoms with E-state index in [1.807, 2.05) is 12.3 Å². The van der Waals surface area contributed by atoms with E-state index in [-0.39, 0.29) is 29.9 Å². The molecule has 6 heteroatoms. The fourth-order valence-corrected chi connectivity index (χ4v) is 4.55. The minimum atomic E-state index is -2.80. The van der Waals surface area contributed by atoms with Crippen molar-refractivity contribution < 1.29 is 13.5 Å². The third kappa shape index (κ3) is 3.05. The van der Waals surface area contributed by atoms with Gasteiger partial charge in [0.25, 0.3) is 0 Å². The number of hydrogen-bond donors (Lipinski definition) is 1. The molecule has 0 radical (unpaired) electrons. The Bertz CT molecular complexity index is 467. The molecule has 0 bridgehead atoms. The predicted octanol–water partition coefficient (Wildman–Crippen LogP) is 1.53. The molecule has 2 rings (SSSR count). The summed E-state index contributed by atoms with van der Waals surface area (Å²) in [5.74, 6) is 0.903. The summed E-state index contributed by atoms with van der Waals surface area (Å²) in [4.78, 5) is 4.52. The van der Waals surface area contributed by atoms with Crippen LogP contribution in [0.1, 0.15) is 42.3 Å². The fourth-order valence-electron chi connectivity index (χ4n) is 1.95. The number of nitrogens with zero attached hydrogens (tertiary/aromatic N) is 1. The van der Waals surface area contributed by atoms with Gasteiger partial charge in [0.05, 0.1) is 28.8 Å². The van der Waals surface area contributed by atoms with Crippen LogP contribution in [0.4, 0.5) is 0 Å². The lowest BCUT2D eigenvalue weighted by Crippen LogP contribution is -2.22. The SMILES string of the molecule is CC(CO)c1csc(C2CCS(=O)(=O)CC2)n1. The Balaban J connectivity index is 2.06. The summed E-state index contributed by atoms with van der Waals surface area (Å²) in [6.45, 7) is 2.03. The number of rotatable bonds is 3. The van der Waals surface area contributed by atoms with Crippen LogP contribution in [0, 0.1) is 0 Å². The van der Waals surface area contributed by atoms with E-state index in [9.17, 15) is 8.42 Å². The monoisotopic (exact) mass is 275 g/mol. The molecule has 0 aromatic carbocycles. The normalized spacial score (nSPS) is 22.5. The number of hydrogen-bond acceptors (Lipinski definition) is 5. The quantitative estimate of drug-likeness (QED) is 0.908. The van der Waals surface area contributed by atoms with E-state index in [0.29, 0.717) is 12.8 Å². The number of thiazole rings is 1. The maximum Gasteiger partial charge on any atom is 0.150 e. The second-order valence-electron chi connectivity index (χ2n) is 4.62. The first-order valence-electron chi connectivity index (χ1n) is 5.78. The van der Waals surface area contributed by atoms with E-state index >= 15 is 0 Å². The Kier molecular flexibility index (Phi) is 3.85. The molecule has 1 aliphatic rings. The smallest absolute Gasteiger partial charge is 0.150 e. The molecule has 1 aliphatic heterocycles. The molecular weight excluding hydrogens is 258 g/mol. The van der Waals surface area contributed by atoms with E-state index in [1.165, 1.54) is 0 Å². The third-order valence-corrected chi connectivity index (χ3v) is 5.96. The maximum absolute atomic E-state index is 11.3. The van der Waals surface area contributed by atoms with E-state index in [2.05, 4.69) is 4.98 Å². The molecule has 17 heavy (non-hydrogen) atoms. The summed E-state index contributed by atoms with van der Waals surface area (Å²) in [5, 5.41) is 12.1. The summed E-state index contributed by atoms with van der Waals surface area (Å²) in [5.41, 5.74) is 0.918. The zero-order chi connectivity index (χ0) is 12.5. The number of sulfone groups is 1. The van der Waals surface area contributed by atoms with Gasteiger partial charge in [-0.25, -0.2) is 13.4 Å². The standard InChI is InChI=1S/C11H17NO3S2/c1-8(6-13)10-7-16-11(12-10)9-2-4-17(14,15)5-3-9/h7-9,13H,2-6H2,1H3. The van der Waals surface area contributed by atoms with Crippen LogP contribution < -0.4 is 0 Å². The van der Waals surface area contributed by atoms with Gasteiger partial charge in [-0.15, -0.1) is 11.3 Å². The topological polar surface area (TPSA) is 67.3 Å². The summed E-state index contributed by atoms with van der Waals surface area (Å²) in [6, 6.07) is 0. The van der Waals surface area contributed by atoms with Crippen LogP contribution in [0.15, 0.2) is 5.38 Å². The summed E-state index contributed by atoms with van der Waals surface area (Å²) in [6.07, 6.45) is 1.37. The Morgan fingerprint density at radius 1 is 1.53 bits per heavy atom. The van der Waals surface area contributed by atoms with E-state index < -0.39 is 9.84 Å². The largest absolute Gasteiger partial charge is 0.396 e. The van der Waals surface area contributed by atoms with Crippen LogP contribution in [0.5, 0.6) is 0 Å². The minimum Gasteiger partial charge on any atom is -0.396 e. The molecule has 0 spiro atoms. The minimum absolute atomic E-state index is 0.0623. The van der Waals surface area contributed by atoms with Crippen molar-refractivity contribution in [1.82, 2.24) is 4.98 Å². The highest BCUT2D eigenvalue weighted by Gasteiger charge is 2.26. The number of aromatic nitrogens is 1. The zero-order valence-corrected chi connectivity index (χ0v) is 11.4. The van der Waals surface area contributed by atoms with Crippen molar-refractivity contribution in [2.24, 2.45) is 0 Å². The number of aliphatic hydroxyl groups excluding tert-OH is 1. The predicted molar refractivity (Wildman–Crippen MR) is 68.2 cm³/mol. The van der Waals surface area contributed by atoms with Gasteiger partial charge in [0.2, 0.25) is 0 Å². The van der Waals surface area contributed by atoms with Gasteiger partial charge in [-0.2, -0.15) is 0 Å². The van der Waals surface area contributed by atoms with Crippen molar-refractivity contribution in [3.05, 3.63) is 16.1 Å². The lowest BCUT2D eigenvalue weighted by molar-refractivity contribution is 0.271. The second-order valence-corrected chi connectivity index (χ2v) is 7.81. The molecular formula is C11H17NO3S2. The van der Waals surface area contributed by atoms with Crippen molar-refractivity contribution in [1.29, 1.82) is 0 Å². The highest BCUT2D eigenvalue weighted by molar-refractivity contribution is 7.91. The average Bonchev–Trinajstić information content (AvgIpc) is 2.77. The second kappa shape index (κ2) is 5.04. The van der Waals surface area contributed by atoms with E-state index in [0.717, 1.165) is 10.7 Å². The Hall–Kier alpha value is -0.460. The first-order valence-corrected chi connectivity index (χ1v) is 8.48. The molecule has 1 fully saturated rings. The number of aliphatic hydroxyl groups is 1. The fraction of sp³-hybridized carbons (Fsp3) is 0.727. The van der Waals surface area contributed by atoms with Gasteiger partial charge in [-0.1, -0.05) is 6.92 Å². The summed E-state index contributed by atoms with van der Waals surface area (Å²) >= 11 is 1.58. The average molecular weight is 275 g/mol. The molecule has 4 nitrogen and oxygen atoms in total. The van der Waals surface area contributed by atoms with Gasteiger partial charge >= 0.3 is 0 Å². The van der Waals surface area contributed by atoms with Crippen molar-refractivity contribution in [2.75, 3.05) is 18.1 Å². The summed E-state index contributed by atoms with van der Waals surface area (Å²) < 4.78 is 22.7. The van der Waals surface area contributed by atoms with Gasteiger partial charge < -0.3 is 5.11 Å². The first-order chi connectivity index (χ1) is 8.02. The highest BCUT2D eigenvalue weighted by Crippen LogP contribution is 2.32. The lowest BCUT2D eigenvalue weighted by Gasteiger charge is -2.19. The van der Waals surface area contributed by atoms with Crippen LogP contribution in [0.2, 0.25) is 0 Å². The molecule has 96 valence electrons. The Morgan fingerprint density at radius 3 is 2.76 bits per heavy atom. The molecule has 1 aromatic heterocycles. The maximum atomic E-state index is 11.3. The van der Waals surface area contributed by atoms with Crippen LogP contribution in [0.3, 0.4) is 0 Å². The van der Waals surface area contributed by atoms with Crippen molar-refractivity contribution in [2.45, 2.75) is 31.6 Å². The molecule has 0 saturated carbocycles. The van der Waals surface area contributed by atoms with Crippen LogP contribution >= 0.6 is 11.3 Å². The van der Waals surface area contributed by atoms with E-state index in [1.54, 1.807) is 11.3 Å².